The number of hydrogen-bond acceptors (Lipinski definition) is 14. The van der Waals surface area contributed by atoms with Gasteiger partial charge in [-0.3, -0.25) is 0 Å². The number of nitrogen functional groups attached to an aromatic ring is 1. The molecule has 0 saturated carbocycles. The number of imidazole rings is 1. The lowest BCUT2D eigenvalue weighted by Gasteiger charge is -2.32. The molecule has 4 aromatic carbocycles. The maximum absolute atomic E-state index is 15.0. The number of rotatable bonds is 15. The number of alkyl carbamates (subject to hydrolysis) is 1. The Hall–Kier alpha value is -6.09. The van der Waals surface area contributed by atoms with Crippen LogP contribution in [0.25, 0.3) is 33.5 Å². The van der Waals surface area contributed by atoms with E-state index < -0.39 is 46.6 Å². The lowest BCUT2D eigenvalue weighted by molar-refractivity contribution is 0.0520. The van der Waals surface area contributed by atoms with Crippen molar-refractivity contribution < 1.29 is 35.8 Å². The predicted molar refractivity (Wildman–Crippen MR) is 233 cm³/mol. The molecule has 0 spiro atoms. The first-order chi connectivity index (χ1) is 29.5. The van der Waals surface area contributed by atoms with Gasteiger partial charge in [0.15, 0.2) is 15.8 Å². The summed E-state index contributed by atoms with van der Waals surface area (Å²) in [5, 5.41) is 15.1. The summed E-state index contributed by atoms with van der Waals surface area (Å²) in [6, 6.07) is 22.3. The molecule has 62 heavy (non-hydrogen) atoms. The highest BCUT2D eigenvalue weighted by molar-refractivity contribution is 7.94. The number of fused-ring (bicyclic) bond motifs is 1. The van der Waals surface area contributed by atoms with E-state index in [2.05, 4.69) is 35.4 Å². The third-order valence-corrected chi connectivity index (χ3v) is 14.3. The lowest BCUT2D eigenvalue weighted by Crippen LogP contribution is -2.43. The second-order valence-corrected chi connectivity index (χ2v) is 19.7. The fraction of sp³-hybridized carbons (Fsp3) is 0.357. The molecule has 20 heteroatoms. The second kappa shape index (κ2) is 18.1. The van der Waals surface area contributed by atoms with Gasteiger partial charge in [-0.25, -0.2) is 31.3 Å². The van der Waals surface area contributed by atoms with Crippen molar-refractivity contribution in [3.63, 3.8) is 0 Å². The van der Waals surface area contributed by atoms with E-state index in [1.807, 2.05) is 17.0 Å². The molecule has 0 radical (unpaired) electrons. The molecule has 328 valence electrons. The minimum absolute atomic E-state index is 0.0750. The van der Waals surface area contributed by atoms with E-state index in [1.54, 1.807) is 88.5 Å². The highest BCUT2D eigenvalue weighted by Gasteiger charge is 2.39. The largest absolute Gasteiger partial charge is 0.497 e. The molecule has 1 amide bonds. The number of aromatic nitrogens is 6. The second-order valence-electron chi connectivity index (χ2n) is 15.8. The molecular weight excluding hydrogens is 837 g/mol. The first-order valence-electron chi connectivity index (χ1n) is 19.9. The van der Waals surface area contributed by atoms with E-state index in [0.29, 0.717) is 65.4 Å². The van der Waals surface area contributed by atoms with Gasteiger partial charge in [-0.2, -0.15) is 4.80 Å². The van der Waals surface area contributed by atoms with Crippen LogP contribution in [0, 0.1) is 0 Å². The smallest absolute Gasteiger partial charge is 0.407 e. The number of likely N-dealkylation sites (tertiary alicyclic amines) is 1. The standard InChI is InChI=1S/C42H50N10O8S2/c1-42(2,3)60-41(53)44-21-24-51-22-19-31(20-23-51)61(54,55)35-18-17-32(33-7-6-8-34-37(33)47-40(43)46-34)36(38(35)62(56,57)45-25-27-9-13-29(58-4)14-10-27)39-48-50-52(49-39)26-28-11-15-30(59-5)16-12-28/h6-18,31,45H,19-26H2,1-5H3,(H,44,53)(H3,43,46,47). The summed E-state index contributed by atoms with van der Waals surface area (Å²) in [6.07, 6.45) is -0.106. The minimum Gasteiger partial charge on any atom is -0.497 e. The first kappa shape index (κ1) is 44.0. The van der Waals surface area contributed by atoms with Gasteiger partial charge in [0.25, 0.3) is 0 Å². The molecule has 2 aromatic heterocycles. The van der Waals surface area contributed by atoms with Gasteiger partial charge in [0.1, 0.15) is 22.0 Å². The van der Waals surface area contributed by atoms with Crippen LogP contribution in [0.5, 0.6) is 11.5 Å². The number of nitrogens with two attached hydrogens (primary N) is 1. The summed E-state index contributed by atoms with van der Waals surface area (Å²) in [4.78, 5) is 22.2. The first-order valence-corrected chi connectivity index (χ1v) is 23.0. The molecule has 5 N–H and O–H groups in total. The fourth-order valence-electron chi connectivity index (χ4n) is 7.32. The van der Waals surface area contributed by atoms with Gasteiger partial charge < -0.3 is 35.1 Å². The van der Waals surface area contributed by atoms with Crippen molar-refractivity contribution in [1.82, 2.24) is 45.1 Å². The molecule has 18 nitrogen and oxygen atoms in total. The highest BCUT2D eigenvalue weighted by Crippen LogP contribution is 2.43. The van der Waals surface area contributed by atoms with E-state index in [4.69, 9.17) is 19.9 Å². The van der Waals surface area contributed by atoms with Gasteiger partial charge in [-0.05, 0) is 105 Å². The fourth-order valence-corrected chi connectivity index (χ4v) is 11.1. The Morgan fingerprint density at radius 3 is 2.19 bits per heavy atom. The number of carbonyl (C=O) groups excluding carboxylic acids is 1. The number of tetrazole rings is 1. The Kier molecular flexibility index (Phi) is 12.8. The maximum atomic E-state index is 15.0. The van der Waals surface area contributed by atoms with Crippen LogP contribution in [-0.4, -0.2) is 109 Å². The van der Waals surface area contributed by atoms with E-state index in [0.717, 1.165) is 5.56 Å². The molecule has 1 fully saturated rings. The summed E-state index contributed by atoms with van der Waals surface area (Å²) < 4.78 is 78.5. The van der Waals surface area contributed by atoms with Crippen LogP contribution in [0.15, 0.2) is 88.7 Å². The van der Waals surface area contributed by atoms with Gasteiger partial charge in [0.05, 0.1) is 47.5 Å². The van der Waals surface area contributed by atoms with Crippen LogP contribution in [0.3, 0.4) is 0 Å². The average Bonchev–Trinajstić information content (AvgIpc) is 3.88. The predicted octanol–water partition coefficient (Wildman–Crippen LogP) is 4.77. The SMILES string of the molecule is COc1ccc(CNS(=O)(=O)c2c(S(=O)(=O)C3CCN(CCNC(=O)OC(C)(C)C)CC3)ccc(-c3cccc4[nH]c(N)nc34)c2-c2nnn(Cc3ccc(OC)cc3)n2)cc1. The molecule has 1 aliphatic rings. The summed E-state index contributed by atoms with van der Waals surface area (Å²) >= 11 is 0. The molecule has 7 rings (SSSR count). The molecule has 1 aliphatic heterocycles. The number of sulfone groups is 1. The molecular formula is C42H50N10O8S2. The lowest BCUT2D eigenvalue weighted by atomic mass is 9.98. The van der Waals surface area contributed by atoms with Crippen LogP contribution in [0.1, 0.15) is 44.7 Å². The Bertz CT molecular complexity index is 2760. The summed E-state index contributed by atoms with van der Waals surface area (Å²) in [5.74, 6) is 1.26. The topological polar surface area (TPSA) is 239 Å². The number of carbonyl (C=O) groups is 1. The van der Waals surface area contributed by atoms with E-state index in [-0.39, 0.29) is 43.3 Å². The number of piperidine rings is 1. The highest BCUT2D eigenvalue weighted by atomic mass is 32.2. The summed E-state index contributed by atoms with van der Waals surface area (Å²) in [7, 11) is -5.94. The number of benzene rings is 4. The normalized spacial score (nSPS) is 14.2. The number of aromatic amines is 1. The van der Waals surface area contributed by atoms with Crippen LogP contribution in [-0.2, 0) is 37.7 Å². The number of nitrogens with one attached hydrogen (secondary N) is 3. The molecule has 0 bridgehead atoms. The van der Waals surface area contributed by atoms with Crippen molar-refractivity contribution >= 4 is 42.9 Å². The number of methoxy groups -OCH3 is 2. The van der Waals surface area contributed by atoms with Crippen molar-refractivity contribution in [2.24, 2.45) is 0 Å². The monoisotopic (exact) mass is 886 g/mol. The van der Waals surface area contributed by atoms with E-state index in [9.17, 15) is 13.2 Å². The quantitative estimate of drug-likeness (QED) is 0.109. The zero-order valence-corrected chi connectivity index (χ0v) is 36.7. The van der Waals surface area contributed by atoms with Gasteiger partial charge in [-0.15, -0.1) is 10.2 Å². The number of hydrogen-bond donors (Lipinski definition) is 4. The Balaban J connectivity index is 1.31. The average molecular weight is 887 g/mol. The Morgan fingerprint density at radius 1 is 0.887 bits per heavy atom. The molecule has 0 atom stereocenters. The molecule has 6 aromatic rings. The van der Waals surface area contributed by atoms with Gasteiger partial charge in [-0.1, -0.05) is 42.5 Å². The number of para-hydroxylation sites is 1. The van der Waals surface area contributed by atoms with Crippen molar-refractivity contribution in [1.29, 1.82) is 0 Å². The third kappa shape index (κ3) is 9.99. The van der Waals surface area contributed by atoms with Crippen molar-refractivity contribution in [3.8, 4) is 34.0 Å². The number of sulfonamides is 1. The van der Waals surface area contributed by atoms with Crippen LogP contribution in [0.2, 0.25) is 0 Å². The number of amides is 1. The van der Waals surface area contributed by atoms with Gasteiger partial charge >= 0.3 is 6.09 Å². The van der Waals surface area contributed by atoms with Crippen LogP contribution >= 0.6 is 0 Å². The Morgan fingerprint density at radius 2 is 1.55 bits per heavy atom. The zero-order valence-electron chi connectivity index (χ0n) is 35.1. The molecule has 1 saturated heterocycles. The third-order valence-electron chi connectivity index (χ3n) is 10.4. The van der Waals surface area contributed by atoms with Crippen molar-refractivity contribution in [2.75, 3.05) is 46.1 Å². The molecule has 3 heterocycles. The molecule has 0 aliphatic carbocycles. The zero-order chi connectivity index (χ0) is 44.2. The van der Waals surface area contributed by atoms with Crippen molar-refractivity contribution in [2.45, 2.75) is 67.3 Å². The van der Waals surface area contributed by atoms with Gasteiger partial charge in [0.2, 0.25) is 15.8 Å². The van der Waals surface area contributed by atoms with Crippen LogP contribution in [0.4, 0.5) is 10.7 Å². The number of anilines is 1. The van der Waals surface area contributed by atoms with E-state index in [1.165, 1.54) is 18.0 Å². The maximum Gasteiger partial charge on any atom is 0.407 e. The number of nitrogens with zero attached hydrogens (tertiary/aromatic N) is 6. The summed E-state index contributed by atoms with van der Waals surface area (Å²) in [6.45, 7) is 6.90. The van der Waals surface area contributed by atoms with Gasteiger partial charge in [0, 0.05) is 25.2 Å². The number of ether oxygens (including phenoxy) is 3. The molecule has 0 unspecified atom stereocenters. The van der Waals surface area contributed by atoms with E-state index >= 15 is 8.42 Å². The number of H-pyrrole nitrogens is 1. The summed E-state index contributed by atoms with van der Waals surface area (Å²) in [5.41, 5.74) is 8.55. The Labute approximate surface area is 360 Å². The minimum atomic E-state index is -4.69. The van der Waals surface area contributed by atoms with Crippen LogP contribution < -0.4 is 25.2 Å². The van der Waals surface area contributed by atoms with Crippen molar-refractivity contribution in [3.05, 3.63) is 90.0 Å².